The predicted molar refractivity (Wildman–Crippen MR) is 90.9 cm³/mol. The van der Waals surface area contributed by atoms with E-state index in [9.17, 15) is 14.8 Å². The van der Waals surface area contributed by atoms with Crippen molar-refractivity contribution in [3.05, 3.63) is 66.0 Å². The summed E-state index contributed by atoms with van der Waals surface area (Å²) < 4.78 is 4.71. The Kier molecular flexibility index (Phi) is 6.22. The maximum absolute atomic E-state index is 12.2. The Morgan fingerprint density at radius 1 is 1.28 bits per heavy atom. The maximum Gasteiger partial charge on any atom is 0.397 e. The highest BCUT2D eigenvalue weighted by Crippen LogP contribution is 2.15. The van der Waals surface area contributed by atoms with Crippen molar-refractivity contribution in [3.63, 3.8) is 0 Å². The monoisotopic (exact) mass is 341 g/mol. The second kappa shape index (κ2) is 8.58. The van der Waals surface area contributed by atoms with Gasteiger partial charge in [0.05, 0.1) is 6.61 Å². The second-order valence-electron chi connectivity index (χ2n) is 5.14. The number of nitrogens with zero attached hydrogens (tertiary/aromatic N) is 3. The van der Waals surface area contributed by atoms with Crippen LogP contribution in [0, 0.1) is 5.21 Å². The summed E-state index contributed by atoms with van der Waals surface area (Å²) >= 11 is 0. The lowest BCUT2D eigenvalue weighted by atomic mass is 10.1. The number of carbonyl (C=O) groups is 2. The molecule has 0 spiro atoms. The van der Waals surface area contributed by atoms with Crippen molar-refractivity contribution in [3.8, 4) is 11.3 Å². The summed E-state index contributed by atoms with van der Waals surface area (Å²) in [4.78, 5) is 25.4. The Morgan fingerprint density at radius 2 is 2.00 bits per heavy atom. The largest absolute Gasteiger partial charge is 0.594 e. The molecule has 1 aromatic heterocycles. The van der Waals surface area contributed by atoms with Gasteiger partial charge in [-0.1, -0.05) is 41.3 Å². The van der Waals surface area contributed by atoms with Crippen LogP contribution in [0.4, 0.5) is 0 Å². The molecule has 0 saturated heterocycles. The van der Waals surface area contributed by atoms with Crippen LogP contribution in [0.3, 0.4) is 0 Å². The Morgan fingerprint density at radius 3 is 2.60 bits per heavy atom. The number of hydrogen-bond donors (Lipinski definition) is 0. The molecule has 0 atom stereocenters. The number of benzene rings is 1. The average molecular weight is 341 g/mol. The molecule has 1 amide bonds. The molecular weight excluding hydrogens is 322 g/mol. The molecule has 0 fully saturated rings. The van der Waals surface area contributed by atoms with E-state index in [1.165, 1.54) is 11.0 Å². The third kappa shape index (κ3) is 4.63. The van der Waals surface area contributed by atoms with Gasteiger partial charge in [-0.25, -0.2) is 4.79 Å². The number of amides is 1. The fourth-order valence-corrected chi connectivity index (χ4v) is 2.20. The molecule has 0 aliphatic heterocycles. The molecule has 2 rings (SSSR count). The van der Waals surface area contributed by atoms with Crippen LogP contribution < -0.4 is 4.85 Å². The highest BCUT2D eigenvalue weighted by Gasteiger charge is 2.25. The van der Waals surface area contributed by atoms with Crippen molar-refractivity contribution in [1.82, 2.24) is 10.00 Å². The number of hydrogen-bond acceptors (Lipinski definition) is 5. The van der Waals surface area contributed by atoms with Crippen LogP contribution in [0.15, 0.2) is 55.1 Å². The van der Waals surface area contributed by atoms with Crippen LogP contribution in [-0.2, 0) is 20.9 Å². The third-order valence-corrected chi connectivity index (χ3v) is 3.39. The molecule has 0 aliphatic carbocycles. The number of carbonyl (C=O) groups excluding carboxylic acids is 2. The van der Waals surface area contributed by atoms with E-state index in [1.54, 1.807) is 19.1 Å². The first kappa shape index (κ1) is 18.1. The van der Waals surface area contributed by atoms with E-state index in [0.717, 1.165) is 5.56 Å². The molecule has 0 aliphatic rings. The topological polar surface area (TPSA) is 86.4 Å². The molecule has 2 aromatic rings. The SMILES string of the molecule is C=CCN(Cc1ccc(-c2ccccc2)n[n+]1[O-])C(=O)C(=O)OCC. The minimum absolute atomic E-state index is 0.0742. The molecule has 0 radical (unpaired) electrons. The van der Waals surface area contributed by atoms with Gasteiger partial charge in [0.1, 0.15) is 12.2 Å². The highest BCUT2D eigenvalue weighted by molar-refractivity contribution is 6.32. The fraction of sp³-hybridized carbons (Fsp3) is 0.222. The lowest BCUT2D eigenvalue weighted by Gasteiger charge is -2.18. The van der Waals surface area contributed by atoms with E-state index in [2.05, 4.69) is 11.7 Å². The summed E-state index contributed by atoms with van der Waals surface area (Å²) in [5, 5.41) is 16.2. The first-order valence-electron chi connectivity index (χ1n) is 7.79. The van der Waals surface area contributed by atoms with Crippen molar-refractivity contribution in [2.24, 2.45) is 0 Å². The Labute approximate surface area is 145 Å². The summed E-state index contributed by atoms with van der Waals surface area (Å²) in [5.41, 5.74) is 1.56. The first-order valence-corrected chi connectivity index (χ1v) is 7.79. The lowest BCUT2D eigenvalue weighted by Crippen LogP contribution is -2.43. The lowest BCUT2D eigenvalue weighted by molar-refractivity contribution is -0.676. The van der Waals surface area contributed by atoms with E-state index in [4.69, 9.17) is 4.74 Å². The summed E-state index contributed by atoms with van der Waals surface area (Å²) in [7, 11) is 0. The number of aromatic nitrogens is 2. The van der Waals surface area contributed by atoms with E-state index >= 15 is 0 Å². The van der Waals surface area contributed by atoms with Gasteiger partial charge in [-0.05, 0) is 13.0 Å². The van der Waals surface area contributed by atoms with Crippen molar-refractivity contribution < 1.29 is 19.2 Å². The van der Waals surface area contributed by atoms with E-state index in [-0.39, 0.29) is 25.4 Å². The normalized spacial score (nSPS) is 10.1. The smallest absolute Gasteiger partial charge is 0.397 e. The van der Waals surface area contributed by atoms with Crippen LogP contribution in [0.5, 0.6) is 0 Å². The van der Waals surface area contributed by atoms with Crippen LogP contribution in [0.2, 0.25) is 0 Å². The predicted octanol–water partition coefficient (Wildman–Crippen LogP) is 1.46. The van der Waals surface area contributed by atoms with Crippen LogP contribution in [0.1, 0.15) is 12.6 Å². The minimum Gasteiger partial charge on any atom is -0.594 e. The molecule has 0 N–H and O–H groups in total. The highest BCUT2D eigenvalue weighted by atomic mass is 16.5. The maximum atomic E-state index is 12.2. The average Bonchev–Trinajstić information content (AvgIpc) is 2.63. The zero-order valence-electron chi connectivity index (χ0n) is 13.9. The fourth-order valence-electron chi connectivity index (χ4n) is 2.20. The summed E-state index contributed by atoms with van der Waals surface area (Å²) in [6.45, 7) is 5.31. The summed E-state index contributed by atoms with van der Waals surface area (Å²) in [6, 6.07) is 12.5. The van der Waals surface area contributed by atoms with Gasteiger partial charge in [0.15, 0.2) is 0 Å². The zero-order chi connectivity index (χ0) is 18.2. The third-order valence-electron chi connectivity index (χ3n) is 3.39. The summed E-state index contributed by atoms with van der Waals surface area (Å²) in [5.74, 6) is -1.79. The zero-order valence-corrected chi connectivity index (χ0v) is 13.9. The van der Waals surface area contributed by atoms with E-state index in [0.29, 0.717) is 10.5 Å². The number of ether oxygens (including phenoxy) is 1. The van der Waals surface area contributed by atoms with Gasteiger partial charge in [-0.2, -0.15) is 0 Å². The van der Waals surface area contributed by atoms with Crippen molar-refractivity contribution in [2.75, 3.05) is 13.2 Å². The molecule has 0 bridgehead atoms. The Balaban J connectivity index is 2.20. The molecule has 0 saturated carbocycles. The first-order chi connectivity index (χ1) is 12.1. The standard InChI is InChI=1S/C18H19N3O4/c1-3-12-20(17(22)18(23)25-4-2)13-15-10-11-16(19-21(15)24)14-8-6-5-7-9-14/h3,5-11H,1,4,12-13H2,2H3. The molecule has 1 heterocycles. The molecule has 1 aromatic carbocycles. The van der Waals surface area contributed by atoms with Crippen LogP contribution >= 0.6 is 0 Å². The van der Waals surface area contributed by atoms with E-state index in [1.807, 2.05) is 30.3 Å². The van der Waals surface area contributed by atoms with Gasteiger partial charge in [0, 0.05) is 23.3 Å². The number of esters is 1. The van der Waals surface area contributed by atoms with Gasteiger partial charge >= 0.3 is 11.9 Å². The van der Waals surface area contributed by atoms with Gasteiger partial charge in [0.25, 0.3) is 0 Å². The molecule has 0 unspecified atom stereocenters. The second-order valence-corrected chi connectivity index (χ2v) is 5.14. The Hall–Kier alpha value is -3.22. The van der Waals surface area contributed by atoms with Crippen molar-refractivity contribution in [2.45, 2.75) is 13.5 Å². The summed E-state index contributed by atoms with van der Waals surface area (Å²) in [6.07, 6.45) is 1.47. The van der Waals surface area contributed by atoms with Gasteiger partial charge in [-0.3, -0.25) is 4.79 Å². The molecular formula is C18H19N3O4. The molecule has 7 nitrogen and oxygen atoms in total. The van der Waals surface area contributed by atoms with Gasteiger partial charge in [0.2, 0.25) is 5.69 Å². The van der Waals surface area contributed by atoms with Gasteiger partial charge < -0.3 is 14.8 Å². The van der Waals surface area contributed by atoms with Crippen LogP contribution in [-0.4, -0.2) is 35.0 Å². The molecule has 25 heavy (non-hydrogen) atoms. The number of rotatable bonds is 6. The van der Waals surface area contributed by atoms with Crippen molar-refractivity contribution >= 4 is 11.9 Å². The molecule has 7 heteroatoms. The van der Waals surface area contributed by atoms with Gasteiger partial charge in [-0.15, -0.1) is 6.58 Å². The van der Waals surface area contributed by atoms with Crippen molar-refractivity contribution in [1.29, 1.82) is 0 Å². The quantitative estimate of drug-likeness (QED) is 0.261. The van der Waals surface area contributed by atoms with E-state index < -0.39 is 11.9 Å². The minimum atomic E-state index is -0.962. The molecule has 130 valence electrons. The Bertz CT molecular complexity index is 762. The van der Waals surface area contributed by atoms with Crippen LogP contribution in [0.25, 0.3) is 11.3 Å².